The van der Waals surface area contributed by atoms with Gasteiger partial charge in [-0.3, -0.25) is 0 Å². The SMILES string of the molecule is Cc1cccc(OCCNC2CCCNC2)c1.Cl. The fraction of sp³-hybridized carbons (Fsp3) is 0.571. The second-order valence-corrected chi connectivity index (χ2v) is 4.66. The van der Waals surface area contributed by atoms with Crippen LogP contribution in [0.2, 0.25) is 0 Å². The molecule has 0 saturated carbocycles. The van der Waals surface area contributed by atoms with Crippen molar-refractivity contribution in [3.05, 3.63) is 29.8 Å². The Kier molecular flexibility index (Phi) is 7.09. The first-order valence-corrected chi connectivity index (χ1v) is 6.48. The molecule has 1 aromatic rings. The number of halogens is 1. The number of benzene rings is 1. The fourth-order valence-corrected chi connectivity index (χ4v) is 2.16. The minimum atomic E-state index is 0. The highest BCUT2D eigenvalue weighted by atomic mass is 35.5. The van der Waals surface area contributed by atoms with Gasteiger partial charge in [-0.25, -0.2) is 0 Å². The van der Waals surface area contributed by atoms with Crippen molar-refractivity contribution in [2.45, 2.75) is 25.8 Å². The van der Waals surface area contributed by atoms with Crippen LogP contribution in [0.15, 0.2) is 24.3 Å². The van der Waals surface area contributed by atoms with E-state index in [1.165, 1.54) is 18.4 Å². The second-order valence-electron chi connectivity index (χ2n) is 4.66. The van der Waals surface area contributed by atoms with Gasteiger partial charge in [0.05, 0.1) is 0 Å². The molecule has 2 N–H and O–H groups in total. The molecule has 1 saturated heterocycles. The molecule has 0 aromatic heterocycles. The van der Waals surface area contributed by atoms with Crippen molar-refractivity contribution in [1.82, 2.24) is 10.6 Å². The Balaban J connectivity index is 0.00000162. The van der Waals surface area contributed by atoms with E-state index in [0.717, 1.165) is 32.0 Å². The van der Waals surface area contributed by atoms with Crippen LogP contribution >= 0.6 is 12.4 Å². The number of piperidine rings is 1. The van der Waals surface area contributed by atoms with Gasteiger partial charge in [0.2, 0.25) is 0 Å². The minimum Gasteiger partial charge on any atom is -0.492 e. The summed E-state index contributed by atoms with van der Waals surface area (Å²) in [6.07, 6.45) is 2.55. The van der Waals surface area contributed by atoms with Gasteiger partial charge in [-0.15, -0.1) is 12.4 Å². The van der Waals surface area contributed by atoms with Gasteiger partial charge >= 0.3 is 0 Å². The summed E-state index contributed by atoms with van der Waals surface area (Å²) < 4.78 is 5.69. The molecule has 102 valence electrons. The Morgan fingerprint density at radius 3 is 3.06 bits per heavy atom. The van der Waals surface area contributed by atoms with Crippen molar-refractivity contribution in [2.75, 3.05) is 26.2 Å². The van der Waals surface area contributed by atoms with E-state index in [4.69, 9.17) is 4.74 Å². The minimum absolute atomic E-state index is 0. The van der Waals surface area contributed by atoms with Crippen LogP contribution in [0.4, 0.5) is 0 Å². The Bertz CT molecular complexity index is 340. The van der Waals surface area contributed by atoms with Crippen molar-refractivity contribution in [3.8, 4) is 5.75 Å². The van der Waals surface area contributed by atoms with Gasteiger partial charge in [-0.1, -0.05) is 12.1 Å². The molecule has 1 fully saturated rings. The molecule has 0 bridgehead atoms. The van der Waals surface area contributed by atoms with Crippen LogP contribution in [0.25, 0.3) is 0 Å². The largest absolute Gasteiger partial charge is 0.492 e. The lowest BCUT2D eigenvalue weighted by atomic mass is 10.1. The summed E-state index contributed by atoms with van der Waals surface area (Å²) in [5.41, 5.74) is 1.24. The molecule has 1 heterocycles. The van der Waals surface area contributed by atoms with Crippen LogP contribution in [-0.2, 0) is 0 Å². The lowest BCUT2D eigenvalue weighted by Gasteiger charge is -2.23. The highest BCUT2D eigenvalue weighted by Gasteiger charge is 2.11. The van der Waals surface area contributed by atoms with Crippen LogP contribution in [0.5, 0.6) is 5.75 Å². The quantitative estimate of drug-likeness (QED) is 0.805. The molecule has 4 heteroatoms. The van der Waals surface area contributed by atoms with E-state index in [1.807, 2.05) is 12.1 Å². The van der Waals surface area contributed by atoms with Gasteiger partial charge in [0.25, 0.3) is 0 Å². The van der Waals surface area contributed by atoms with Gasteiger partial charge in [0, 0.05) is 19.1 Å². The van der Waals surface area contributed by atoms with Crippen LogP contribution in [0.1, 0.15) is 18.4 Å². The second kappa shape index (κ2) is 8.35. The summed E-state index contributed by atoms with van der Waals surface area (Å²) in [6.45, 7) is 5.99. The first-order chi connectivity index (χ1) is 8.34. The summed E-state index contributed by atoms with van der Waals surface area (Å²) in [6, 6.07) is 8.81. The van der Waals surface area contributed by atoms with E-state index in [2.05, 4.69) is 29.7 Å². The third-order valence-electron chi connectivity index (χ3n) is 3.09. The maximum Gasteiger partial charge on any atom is 0.119 e. The Morgan fingerprint density at radius 1 is 1.44 bits per heavy atom. The van der Waals surface area contributed by atoms with E-state index >= 15 is 0 Å². The highest BCUT2D eigenvalue weighted by molar-refractivity contribution is 5.85. The first-order valence-electron chi connectivity index (χ1n) is 6.48. The van der Waals surface area contributed by atoms with Gasteiger partial charge in [-0.2, -0.15) is 0 Å². The lowest BCUT2D eigenvalue weighted by Crippen LogP contribution is -2.44. The number of ether oxygens (including phenoxy) is 1. The molecule has 1 unspecified atom stereocenters. The van der Waals surface area contributed by atoms with Gasteiger partial charge < -0.3 is 15.4 Å². The zero-order valence-electron chi connectivity index (χ0n) is 10.9. The average molecular weight is 271 g/mol. The van der Waals surface area contributed by atoms with E-state index in [9.17, 15) is 0 Å². The molecule has 0 spiro atoms. The standard InChI is InChI=1S/C14H22N2O.ClH/c1-12-4-2-6-14(10-12)17-9-8-16-13-5-3-7-15-11-13;/h2,4,6,10,13,15-16H,3,5,7-9,11H2,1H3;1H. The van der Waals surface area contributed by atoms with Gasteiger partial charge in [0.1, 0.15) is 12.4 Å². The van der Waals surface area contributed by atoms with Crippen LogP contribution in [-0.4, -0.2) is 32.3 Å². The molecule has 1 atom stereocenters. The normalized spacial score (nSPS) is 19.1. The molecule has 0 aliphatic carbocycles. The molecule has 2 rings (SSSR count). The summed E-state index contributed by atoms with van der Waals surface area (Å²) >= 11 is 0. The molecule has 0 radical (unpaired) electrons. The predicted molar refractivity (Wildman–Crippen MR) is 77.8 cm³/mol. The van der Waals surface area contributed by atoms with E-state index in [0.29, 0.717) is 6.04 Å². The summed E-state index contributed by atoms with van der Waals surface area (Å²) in [5.74, 6) is 0.966. The summed E-state index contributed by atoms with van der Waals surface area (Å²) in [4.78, 5) is 0. The summed E-state index contributed by atoms with van der Waals surface area (Å²) in [7, 11) is 0. The Morgan fingerprint density at radius 2 is 2.33 bits per heavy atom. The van der Waals surface area contributed by atoms with Crippen LogP contribution < -0.4 is 15.4 Å². The molecular formula is C14H23ClN2O. The number of rotatable bonds is 5. The number of aryl methyl sites for hydroxylation is 1. The van der Waals surface area contributed by atoms with Crippen molar-refractivity contribution in [2.24, 2.45) is 0 Å². The van der Waals surface area contributed by atoms with Gasteiger partial charge in [-0.05, 0) is 44.0 Å². The molecule has 18 heavy (non-hydrogen) atoms. The maximum absolute atomic E-state index is 5.69. The molecule has 0 amide bonds. The highest BCUT2D eigenvalue weighted by Crippen LogP contribution is 2.11. The lowest BCUT2D eigenvalue weighted by molar-refractivity contribution is 0.293. The topological polar surface area (TPSA) is 33.3 Å². The smallest absolute Gasteiger partial charge is 0.119 e. The zero-order valence-corrected chi connectivity index (χ0v) is 11.8. The van der Waals surface area contributed by atoms with Crippen LogP contribution in [0.3, 0.4) is 0 Å². The van der Waals surface area contributed by atoms with Crippen molar-refractivity contribution < 1.29 is 4.74 Å². The maximum atomic E-state index is 5.69. The van der Waals surface area contributed by atoms with Crippen molar-refractivity contribution in [3.63, 3.8) is 0 Å². The summed E-state index contributed by atoms with van der Waals surface area (Å²) in [5, 5.41) is 6.92. The monoisotopic (exact) mass is 270 g/mol. The molecule has 1 aliphatic heterocycles. The average Bonchev–Trinajstić information content (AvgIpc) is 2.36. The molecular weight excluding hydrogens is 248 g/mol. The van der Waals surface area contributed by atoms with Gasteiger partial charge in [0.15, 0.2) is 0 Å². The number of nitrogens with one attached hydrogen (secondary N) is 2. The number of hydrogen-bond donors (Lipinski definition) is 2. The predicted octanol–water partition coefficient (Wildman–Crippen LogP) is 2.14. The Labute approximate surface area is 116 Å². The van der Waals surface area contributed by atoms with E-state index in [1.54, 1.807) is 0 Å². The third kappa shape index (κ3) is 5.25. The third-order valence-corrected chi connectivity index (χ3v) is 3.09. The molecule has 3 nitrogen and oxygen atoms in total. The Hall–Kier alpha value is -0.770. The van der Waals surface area contributed by atoms with Crippen molar-refractivity contribution >= 4 is 12.4 Å². The van der Waals surface area contributed by atoms with Crippen molar-refractivity contribution in [1.29, 1.82) is 0 Å². The van der Waals surface area contributed by atoms with Crippen LogP contribution in [0, 0.1) is 6.92 Å². The zero-order chi connectivity index (χ0) is 11.9. The van der Waals surface area contributed by atoms with E-state index < -0.39 is 0 Å². The fourth-order valence-electron chi connectivity index (χ4n) is 2.16. The molecule has 1 aliphatic rings. The number of hydrogen-bond acceptors (Lipinski definition) is 3. The first kappa shape index (κ1) is 15.3. The van der Waals surface area contributed by atoms with E-state index in [-0.39, 0.29) is 12.4 Å². The molecule has 1 aromatic carbocycles.